The molecule has 1 saturated heterocycles. The molecule has 0 aromatic carbocycles. The van der Waals surface area contributed by atoms with Crippen molar-refractivity contribution in [2.24, 2.45) is 0 Å². The lowest BCUT2D eigenvalue weighted by Crippen LogP contribution is -2.22. The van der Waals surface area contributed by atoms with Gasteiger partial charge in [-0.3, -0.25) is 4.79 Å². The Bertz CT molecular complexity index is 141. The molecule has 3 nitrogen and oxygen atoms in total. The highest BCUT2D eigenvalue weighted by Crippen LogP contribution is 2.10. The van der Waals surface area contributed by atoms with E-state index in [-0.39, 0.29) is 5.97 Å². The molecular formula is C9H17NO2. The Labute approximate surface area is 73.5 Å². The molecule has 1 fully saturated rings. The van der Waals surface area contributed by atoms with Crippen LogP contribution in [0, 0.1) is 0 Å². The summed E-state index contributed by atoms with van der Waals surface area (Å²) in [5.41, 5.74) is 0. The van der Waals surface area contributed by atoms with E-state index in [0.29, 0.717) is 19.1 Å². The van der Waals surface area contributed by atoms with Crippen molar-refractivity contribution < 1.29 is 9.53 Å². The molecule has 1 rings (SSSR count). The van der Waals surface area contributed by atoms with E-state index in [9.17, 15) is 4.79 Å². The minimum absolute atomic E-state index is 0.0637. The van der Waals surface area contributed by atoms with Crippen LogP contribution in [0.2, 0.25) is 0 Å². The van der Waals surface area contributed by atoms with Crippen LogP contribution in [-0.4, -0.2) is 25.2 Å². The third kappa shape index (κ3) is 3.22. The second kappa shape index (κ2) is 5.14. The minimum Gasteiger partial charge on any atom is -0.466 e. The summed E-state index contributed by atoms with van der Waals surface area (Å²) in [5.74, 6) is -0.0637. The third-order valence-corrected chi connectivity index (χ3v) is 2.16. The summed E-state index contributed by atoms with van der Waals surface area (Å²) in [5, 5.41) is 3.35. The van der Waals surface area contributed by atoms with Crippen molar-refractivity contribution in [2.75, 3.05) is 13.2 Å². The van der Waals surface area contributed by atoms with Crippen LogP contribution in [0.15, 0.2) is 0 Å². The van der Waals surface area contributed by atoms with Crippen LogP contribution in [0.5, 0.6) is 0 Å². The van der Waals surface area contributed by atoms with Crippen LogP contribution in [0.1, 0.15) is 32.6 Å². The molecule has 0 aliphatic carbocycles. The Morgan fingerprint density at radius 1 is 1.67 bits per heavy atom. The monoisotopic (exact) mass is 171 g/mol. The van der Waals surface area contributed by atoms with Crippen molar-refractivity contribution in [1.29, 1.82) is 0 Å². The molecule has 0 unspecified atom stereocenters. The minimum atomic E-state index is -0.0637. The zero-order chi connectivity index (χ0) is 8.81. The average Bonchev–Trinajstić information content (AvgIpc) is 2.53. The largest absolute Gasteiger partial charge is 0.466 e. The number of nitrogens with one attached hydrogen (secondary N) is 1. The van der Waals surface area contributed by atoms with Gasteiger partial charge in [0.05, 0.1) is 6.61 Å². The normalized spacial score (nSPS) is 22.6. The topological polar surface area (TPSA) is 38.3 Å². The summed E-state index contributed by atoms with van der Waals surface area (Å²) < 4.78 is 4.83. The van der Waals surface area contributed by atoms with Gasteiger partial charge in [-0.2, -0.15) is 0 Å². The fourth-order valence-electron chi connectivity index (χ4n) is 1.53. The van der Waals surface area contributed by atoms with Gasteiger partial charge in [0.2, 0.25) is 0 Å². The van der Waals surface area contributed by atoms with Crippen molar-refractivity contribution in [3.8, 4) is 0 Å². The van der Waals surface area contributed by atoms with Gasteiger partial charge in [-0.15, -0.1) is 0 Å². The van der Waals surface area contributed by atoms with Crippen molar-refractivity contribution in [1.82, 2.24) is 5.32 Å². The molecule has 1 aliphatic heterocycles. The van der Waals surface area contributed by atoms with Gasteiger partial charge >= 0.3 is 5.97 Å². The van der Waals surface area contributed by atoms with E-state index in [1.165, 1.54) is 12.8 Å². The molecular weight excluding hydrogens is 154 g/mol. The van der Waals surface area contributed by atoms with Gasteiger partial charge < -0.3 is 10.1 Å². The lowest BCUT2D eigenvalue weighted by molar-refractivity contribution is -0.143. The number of hydrogen-bond donors (Lipinski definition) is 1. The van der Waals surface area contributed by atoms with Crippen LogP contribution in [0.25, 0.3) is 0 Å². The molecule has 1 atom stereocenters. The standard InChI is InChI=1S/C9H17NO2/c1-2-12-9(11)6-5-8-4-3-7-10-8/h8,10H,2-7H2,1H3/t8-/m1/s1. The lowest BCUT2D eigenvalue weighted by Gasteiger charge is -2.08. The van der Waals surface area contributed by atoms with Gasteiger partial charge in [-0.1, -0.05) is 0 Å². The number of ether oxygens (including phenoxy) is 1. The Hall–Kier alpha value is -0.570. The number of esters is 1. The van der Waals surface area contributed by atoms with Crippen molar-refractivity contribution in [2.45, 2.75) is 38.6 Å². The highest BCUT2D eigenvalue weighted by atomic mass is 16.5. The second-order valence-electron chi connectivity index (χ2n) is 3.14. The first-order valence-corrected chi connectivity index (χ1v) is 4.72. The Balaban J connectivity index is 2.03. The molecule has 1 N–H and O–H groups in total. The first-order chi connectivity index (χ1) is 5.83. The predicted octanol–water partition coefficient (Wildman–Crippen LogP) is 1.08. The molecule has 0 spiro atoms. The van der Waals surface area contributed by atoms with Crippen molar-refractivity contribution in [3.05, 3.63) is 0 Å². The van der Waals surface area contributed by atoms with Gasteiger partial charge in [0.25, 0.3) is 0 Å². The fraction of sp³-hybridized carbons (Fsp3) is 0.889. The number of carbonyl (C=O) groups excluding carboxylic acids is 1. The Morgan fingerprint density at radius 3 is 3.08 bits per heavy atom. The summed E-state index contributed by atoms with van der Waals surface area (Å²) in [6.45, 7) is 3.44. The van der Waals surface area contributed by atoms with Gasteiger partial charge in [0.1, 0.15) is 0 Å². The van der Waals surface area contributed by atoms with Crippen LogP contribution < -0.4 is 5.32 Å². The molecule has 0 radical (unpaired) electrons. The average molecular weight is 171 g/mol. The SMILES string of the molecule is CCOC(=O)CC[C@H]1CCCN1. The highest BCUT2D eigenvalue weighted by molar-refractivity contribution is 5.69. The van der Waals surface area contributed by atoms with E-state index >= 15 is 0 Å². The molecule has 0 saturated carbocycles. The molecule has 1 aliphatic rings. The van der Waals surface area contributed by atoms with Crippen LogP contribution in [-0.2, 0) is 9.53 Å². The van der Waals surface area contributed by atoms with E-state index in [1.54, 1.807) is 0 Å². The van der Waals surface area contributed by atoms with Crippen LogP contribution >= 0.6 is 0 Å². The first-order valence-electron chi connectivity index (χ1n) is 4.72. The summed E-state index contributed by atoms with van der Waals surface area (Å²) >= 11 is 0. The van der Waals surface area contributed by atoms with Gasteiger partial charge in [0.15, 0.2) is 0 Å². The number of carbonyl (C=O) groups is 1. The molecule has 70 valence electrons. The van der Waals surface area contributed by atoms with Gasteiger partial charge in [-0.05, 0) is 32.7 Å². The second-order valence-corrected chi connectivity index (χ2v) is 3.14. The molecule has 1 heterocycles. The molecule has 0 bridgehead atoms. The predicted molar refractivity (Wildman–Crippen MR) is 46.9 cm³/mol. The number of rotatable bonds is 4. The number of hydrogen-bond acceptors (Lipinski definition) is 3. The highest BCUT2D eigenvalue weighted by Gasteiger charge is 2.15. The van der Waals surface area contributed by atoms with Gasteiger partial charge in [-0.25, -0.2) is 0 Å². The van der Waals surface area contributed by atoms with E-state index in [2.05, 4.69) is 5.32 Å². The smallest absolute Gasteiger partial charge is 0.305 e. The van der Waals surface area contributed by atoms with E-state index in [1.807, 2.05) is 6.92 Å². The summed E-state index contributed by atoms with van der Waals surface area (Å²) in [6, 6.07) is 0.550. The lowest BCUT2D eigenvalue weighted by atomic mass is 10.1. The summed E-state index contributed by atoms with van der Waals surface area (Å²) in [7, 11) is 0. The van der Waals surface area contributed by atoms with E-state index in [4.69, 9.17) is 4.74 Å². The molecule has 0 amide bonds. The first kappa shape index (κ1) is 9.52. The fourth-order valence-corrected chi connectivity index (χ4v) is 1.53. The molecule has 3 heteroatoms. The quantitative estimate of drug-likeness (QED) is 0.643. The van der Waals surface area contributed by atoms with Crippen molar-refractivity contribution in [3.63, 3.8) is 0 Å². The Kier molecular flexibility index (Phi) is 4.08. The molecule has 0 aromatic heterocycles. The van der Waals surface area contributed by atoms with E-state index in [0.717, 1.165) is 13.0 Å². The molecule has 12 heavy (non-hydrogen) atoms. The maximum absolute atomic E-state index is 10.9. The maximum atomic E-state index is 10.9. The van der Waals surface area contributed by atoms with Crippen LogP contribution in [0.4, 0.5) is 0 Å². The zero-order valence-electron chi connectivity index (χ0n) is 7.64. The third-order valence-electron chi connectivity index (χ3n) is 2.16. The molecule has 0 aromatic rings. The zero-order valence-corrected chi connectivity index (χ0v) is 7.64. The van der Waals surface area contributed by atoms with E-state index < -0.39 is 0 Å². The summed E-state index contributed by atoms with van der Waals surface area (Å²) in [6.07, 6.45) is 3.94. The maximum Gasteiger partial charge on any atom is 0.305 e. The van der Waals surface area contributed by atoms with Gasteiger partial charge in [0, 0.05) is 12.5 Å². The summed E-state index contributed by atoms with van der Waals surface area (Å²) in [4.78, 5) is 10.9. The van der Waals surface area contributed by atoms with Crippen molar-refractivity contribution >= 4 is 5.97 Å². The Morgan fingerprint density at radius 2 is 2.50 bits per heavy atom. The van der Waals surface area contributed by atoms with Crippen LogP contribution in [0.3, 0.4) is 0 Å².